The van der Waals surface area contributed by atoms with Crippen LogP contribution in [0.25, 0.3) is 10.9 Å². The molecular weight excluding hydrogens is 649 g/mol. The first-order valence-electron chi connectivity index (χ1n) is 15.8. The van der Waals surface area contributed by atoms with Crippen molar-refractivity contribution in [1.29, 1.82) is 0 Å². The number of benzene rings is 2. The molecule has 12 nitrogen and oxygen atoms in total. The van der Waals surface area contributed by atoms with Crippen molar-refractivity contribution in [2.24, 2.45) is 0 Å². The van der Waals surface area contributed by atoms with Crippen molar-refractivity contribution in [3.05, 3.63) is 71.4 Å². The van der Waals surface area contributed by atoms with E-state index in [4.69, 9.17) is 4.74 Å². The van der Waals surface area contributed by atoms with E-state index >= 15 is 4.39 Å². The molecule has 3 heterocycles. The minimum atomic E-state index is -3.79. The van der Waals surface area contributed by atoms with Gasteiger partial charge in [-0.1, -0.05) is 19.9 Å². The third-order valence-corrected chi connectivity index (χ3v) is 8.90. The number of esters is 1. The molecule has 1 aliphatic carbocycles. The number of aliphatic hydroxyl groups is 2. The minimum absolute atomic E-state index is 0.0125. The van der Waals surface area contributed by atoms with Crippen LogP contribution >= 0.6 is 0 Å². The molecule has 0 bridgehead atoms. The molecule has 1 amide bonds. The van der Waals surface area contributed by atoms with Gasteiger partial charge in [-0.15, -0.1) is 8.78 Å². The summed E-state index contributed by atoms with van der Waals surface area (Å²) in [5.74, 6) is -1.99. The number of aliphatic hydroxyl groups excluding tert-OH is 2. The predicted octanol–water partition coefficient (Wildman–Crippen LogP) is 4.49. The van der Waals surface area contributed by atoms with Gasteiger partial charge in [-0.3, -0.25) is 9.48 Å². The Morgan fingerprint density at radius 2 is 1.90 bits per heavy atom. The van der Waals surface area contributed by atoms with Gasteiger partial charge in [0.1, 0.15) is 5.82 Å². The first-order valence-corrected chi connectivity index (χ1v) is 15.8. The molecule has 15 heteroatoms. The first-order chi connectivity index (χ1) is 23.2. The highest BCUT2D eigenvalue weighted by molar-refractivity contribution is 6.03. The van der Waals surface area contributed by atoms with E-state index in [2.05, 4.69) is 24.6 Å². The zero-order chi connectivity index (χ0) is 35.1. The largest absolute Gasteiger partial charge is 0.586 e. The van der Waals surface area contributed by atoms with Crippen molar-refractivity contribution in [3.63, 3.8) is 0 Å². The number of halogens is 3. The number of aromatic nitrogens is 3. The Morgan fingerprint density at radius 3 is 2.61 bits per heavy atom. The SMILES string of the molecule is COC(=O)c1cnn(CCCOC[C@H](O)Cn2c(C(C)(C)CO)cc3cc(NC(=O)C4(c5ccc6c(c5)OC(F)(F)O6)CC4)c(F)cc32)c1. The molecule has 1 aliphatic heterocycles. The summed E-state index contributed by atoms with van der Waals surface area (Å²) in [7, 11) is 1.29. The van der Waals surface area contributed by atoms with Gasteiger partial charge in [0.15, 0.2) is 11.5 Å². The number of hydrogen-bond acceptors (Lipinski definition) is 9. The lowest BCUT2D eigenvalue weighted by Gasteiger charge is -2.26. The Labute approximate surface area is 279 Å². The fourth-order valence-electron chi connectivity index (χ4n) is 6.00. The van der Waals surface area contributed by atoms with Gasteiger partial charge in [0, 0.05) is 41.9 Å². The summed E-state index contributed by atoms with van der Waals surface area (Å²) in [5.41, 5.74) is 0.0150. The van der Waals surface area contributed by atoms with Gasteiger partial charge in [-0.25, -0.2) is 9.18 Å². The molecule has 3 N–H and O–H groups in total. The fraction of sp³-hybridized carbons (Fsp3) is 0.441. The number of nitrogens with zero attached hydrogens (tertiary/aromatic N) is 3. The number of aryl methyl sites for hydroxylation is 1. The Bertz CT molecular complexity index is 1880. The number of rotatable bonds is 14. The number of carbonyl (C=O) groups is 2. The summed E-state index contributed by atoms with van der Waals surface area (Å²) in [6.07, 6.45) is -0.335. The average Bonchev–Trinajstić information content (AvgIpc) is 3.45. The van der Waals surface area contributed by atoms with Gasteiger partial charge in [0.25, 0.3) is 0 Å². The number of methoxy groups -OCH3 is 1. The lowest BCUT2D eigenvalue weighted by molar-refractivity contribution is -0.286. The Kier molecular flexibility index (Phi) is 9.11. The first kappa shape index (κ1) is 34.3. The third-order valence-electron chi connectivity index (χ3n) is 8.90. The molecule has 0 radical (unpaired) electrons. The molecule has 1 atom stereocenters. The molecule has 2 aromatic heterocycles. The van der Waals surface area contributed by atoms with E-state index in [1.54, 1.807) is 21.5 Å². The highest BCUT2D eigenvalue weighted by atomic mass is 19.3. The Hall–Kier alpha value is -4.60. The van der Waals surface area contributed by atoms with Crippen LogP contribution in [0.5, 0.6) is 11.5 Å². The van der Waals surface area contributed by atoms with Gasteiger partial charge in [-0.2, -0.15) is 5.10 Å². The number of carbonyl (C=O) groups excluding carboxylic acids is 2. The van der Waals surface area contributed by atoms with Crippen molar-refractivity contribution >= 4 is 28.5 Å². The maximum Gasteiger partial charge on any atom is 0.586 e. The molecule has 0 saturated heterocycles. The van der Waals surface area contributed by atoms with E-state index in [-0.39, 0.29) is 36.9 Å². The number of nitrogens with one attached hydrogen (secondary N) is 1. The van der Waals surface area contributed by atoms with E-state index < -0.39 is 40.9 Å². The van der Waals surface area contributed by atoms with Crippen LogP contribution in [0.3, 0.4) is 0 Å². The summed E-state index contributed by atoms with van der Waals surface area (Å²) in [4.78, 5) is 25.1. The maximum absolute atomic E-state index is 15.6. The molecule has 1 fully saturated rings. The van der Waals surface area contributed by atoms with Gasteiger partial charge in [0.05, 0.1) is 61.4 Å². The summed E-state index contributed by atoms with van der Waals surface area (Å²) >= 11 is 0. The maximum atomic E-state index is 15.6. The van der Waals surface area contributed by atoms with Crippen LogP contribution in [0.1, 0.15) is 54.7 Å². The van der Waals surface area contributed by atoms with E-state index in [0.29, 0.717) is 60.1 Å². The average molecular weight is 687 g/mol. The molecule has 2 aromatic carbocycles. The molecule has 1 saturated carbocycles. The van der Waals surface area contributed by atoms with Gasteiger partial charge >= 0.3 is 12.3 Å². The number of fused-ring (bicyclic) bond motifs is 2. The van der Waals surface area contributed by atoms with E-state index in [9.17, 15) is 28.6 Å². The summed E-state index contributed by atoms with van der Waals surface area (Å²) < 4.78 is 65.4. The summed E-state index contributed by atoms with van der Waals surface area (Å²) in [6.45, 7) is 4.24. The van der Waals surface area contributed by atoms with E-state index in [0.717, 1.165) is 0 Å². The Balaban J connectivity index is 1.13. The van der Waals surface area contributed by atoms with E-state index in [1.807, 2.05) is 13.8 Å². The van der Waals surface area contributed by atoms with Gasteiger partial charge < -0.3 is 39.0 Å². The van der Waals surface area contributed by atoms with Crippen molar-refractivity contribution in [1.82, 2.24) is 14.3 Å². The molecule has 2 aliphatic rings. The van der Waals surface area contributed by atoms with Crippen LogP contribution < -0.4 is 14.8 Å². The second-order valence-corrected chi connectivity index (χ2v) is 13.0. The number of hydrogen-bond donors (Lipinski definition) is 3. The number of amides is 1. The topological polar surface area (TPSA) is 146 Å². The lowest BCUT2D eigenvalue weighted by atomic mass is 9.90. The smallest absolute Gasteiger partial charge is 0.465 e. The van der Waals surface area contributed by atoms with Crippen molar-refractivity contribution in [2.75, 3.05) is 32.2 Å². The van der Waals surface area contributed by atoms with Crippen LogP contribution in [0.4, 0.5) is 18.9 Å². The van der Waals surface area contributed by atoms with Crippen molar-refractivity contribution in [3.8, 4) is 11.5 Å². The summed E-state index contributed by atoms with van der Waals surface area (Å²) in [5, 5.41) is 28.4. The normalized spacial score (nSPS) is 16.5. The number of anilines is 1. The summed E-state index contributed by atoms with van der Waals surface area (Å²) in [6, 6.07) is 8.74. The second-order valence-electron chi connectivity index (χ2n) is 13.0. The van der Waals surface area contributed by atoms with Crippen molar-refractivity contribution in [2.45, 2.75) is 69.4 Å². The zero-order valence-corrected chi connectivity index (χ0v) is 27.2. The number of alkyl halides is 2. The molecule has 0 spiro atoms. The molecule has 4 aromatic rings. The van der Waals surface area contributed by atoms with Crippen molar-refractivity contribution < 1.29 is 51.9 Å². The van der Waals surface area contributed by atoms with Gasteiger partial charge in [-0.05, 0) is 49.1 Å². The van der Waals surface area contributed by atoms with Crippen LogP contribution in [-0.4, -0.2) is 75.8 Å². The van der Waals surface area contributed by atoms with Crippen LogP contribution in [0.2, 0.25) is 0 Å². The molecular formula is C34H37F3N4O8. The molecule has 6 rings (SSSR count). The van der Waals surface area contributed by atoms with Crippen LogP contribution in [-0.2, 0) is 38.2 Å². The molecule has 0 unspecified atom stereocenters. The molecule has 262 valence electrons. The minimum Gasteiger partial charge on any atom is -0.465 e. The highest BCUT2D eigenvalue weighted by Gasteiger charge is 2.53. The highest BCUT2D eigenvalue weighted by Crippen LogP contribution is 2.52. The third kappa shape index (κ3) is 6.96. The lowest BCUT2D eigenvalue weighted by Crippen LogP contribution is -2.30. The zero-order valence-electron chi connectivity index (χ0n) is 27.2. The monoisotopic (exact) mass is 686 g/mol. The second kappa shape index (κ2) is 13.0. The van der Waals surface area contributed by atoms with Crippen LogP contribution in [0, 0.1) is 5.82 Å². The standard InChI is InChI=1S/C34H37F3N4O8/c1-32(2,19-42)29-12-20-11-25(39-31(45)33(7-8-33)22-5-6-27-28(13-22)49-34(36,37)48-27)24(35)14-26(20)41(29)17-23(43)18-47-10-4-9-40-16-21(15-38-40)30(44)46-3/h5-6,11-16,23,42-43H,4,7-10,17-19H2,1-3H3,(H,39,45)/t23-/m1/s1. The van der Waals surface area contributed by atoms with E-state index in [1.165, 1.54) is 43.6 Å². The van der Waals surface area contributed by atoms with Crippen LogP contribution in [0.15, 0.2) is 48.8 Å². The fourth-order valence-corrected chi connectivity index (χ4v) is 6.00. The molecule has 49 heavy (non-hydrogen) atoms. The Morgan fingerprint density at radius 1 is 1.14 bits per heavy atom. The number of ether oxygens (including phenoxy) is 4. The quantitative estimate of drug-likeness (QED) is 0.129. The predicted molar refractivity (Wildman–Crippen MR) is 169 cm³/mol. The van der Waals surface area contributed by atoms with Gasteiger partial charge in [0.2, 0.25) is 5.91 Å².